The van der Waals surface area contributed by atoms with Crippen molar-refractivity contribution in [2.45, 2.75) is 19.0 Å². The standard InChI is InChI=1S/C13H12F3N3O5/c14-13(15,16)9-2-1-3-17(7-9)12(20)8-4-10(18(21)22)6-11(5-8)19(23)24/h4-6,9H,1-3,7H2/t9-/m0/s1. The molecule has 1 saturated heterocycles. The van der Waals surface area contributed by atoms with Gasteiger partial charge < -0.3 is 4.90 Å². The van der Waals surface area contributed by atoms with Crippen LogP contribution < -0.4 is 0 Å². The molecule has 1 amide bonds. The van der Waals surface area contributed by atoms with Crippen molar-refractivity contribution in [2.24, 2.45) is 5.92 Å². The summed E-state index contributed by atoms with van der Waals surface area (Å²) in [5, 5.41) is 21.6. The molecule has 130 valence electrons. The van der Waals surface area contributed by atoms with Crippen LogP contribution in [0.5, 0.6) is 0 Å². The zero-order chi connectivity index (χ0) is 18.1. The molecule has 1 aliphatic heterocycles. The minimum atomic E-state index is -4.45. The second kappa shape index (κ2) is 6.42. The molecule has 0 aromatic heterocycles. The average molecular weight is 347 g/mol. The molecule has 1 atom stereocenters. The van der Waals surface area contributed by atoms with Gasteiger partial charge in [0.2, 0.25) is 0 Å². The number of piperidine rings is 1. The average Bonchev–Trinajstić information content (AvgIpc) is 2.53. The summed E-state index contributed by atoms with van der Waals surface area (Å²) in [6.07, 6.45) is -4.43. The summed E-state index contributed by atoms with van der Waals surface area (Å²) in [6.45, 7) is -0.513. The van der Waals surface area contributed by atoms with E-state index in [0.717, 1.165) is 17.0 Å². The molecular weight excluding hydrogens is 335 g/mol. The second-order valence-corrected chi connectivity index (χ2v) is 5.38. The molecule has 24 heavy (non-hydrogen) atoms. The van der Waals surface area contributed by atoms with Crippen molar-refractivity contribution in [3.63, 3.8) is 0 Å². The van der Waals surface area contributed by atoms with Crippen LogP contribution in [0.25, 0.3) is 0 Å². The van der Waals surface area contributed by atoms with Crippen molar-refractivity contribution in [3.8, 4) is 0 Å². The van der Waals surface area contributed by atoms with Crippen LogP contribution in [0.4, 0.5) is 24.5 Å². The topological polar surface area (TPSA) is 107 Å². The first-order valence-electron chi connectivity index (χ1n) is 6.89. The lowest BCUT2D eigenvalue weighted by Crippen LogP contribution is -2.44. The quantitative estimate of drug-likeness (QED) is 0.617. The Morgan fingerprint density at radius 2 is 1.67 bits per heavy atom. The Hall–Kier alpha value is -2.72. The van der Waals surface area contributed by atoms with Gasteiger partial charge in [0, 0.05) is 25.2 Å². The minimum absolute atomic E-state index is 0.0574. The Balaban J connectivity index is 2.31. The number of hydrogen-bond acceptors (Lipinski definition) is 5. The molecule has 1 aromatic carbocycles. The van der Waals surface area contributed by atoms with E-state index in [1.165, 1.54) is 0 Å². The van der Waals surface area contributed by atoms with E-state index in [-0.39, 0.29) is 24.9 Å². The zero-order valence-corrected chi connectivity index (χ0v) is 12.2. The van der Waals surface area contributed by atoms with Crippen LogP contribution in [-0.4, -0.2) is 39.9 Å². The highest BCUT2D eigenvalue weighted by molar-refractivity contribution is 5.95. The lowest BCUT2D eigenvalue weighted by atomic mass is 9.97. The summed E-state index contributed by atoms with van der Waals surface area (Å²) in [5.41, 5.74) is -1.72. The van der Waals surface area contributed by atoms with E-state index in [4.69, 9.17) is 0 Å². The van der Waals surface area contributed by atoms with Crippen molar-refractivity contribution in [1.82, 2.24) is 4.90 Å². The van der Waals surface area contributed by atoms with Gasteiger partial charge in [0.15, 0.2) is 0 Å². The number of likely N-dealkylation sites (tertiary alicyclic amines) is 1. The van der Waals surface area contributed by atoms with E-state index in [1.54, 1.807) is 0 Å². The maximum atomic E-state index is 12.8. The molecule has 0 radical (unpaired) electrons. The van der Waals surface area contributed by atoms with Gasteiger partial charge in [0.25, 0.3) is 17.3 Å². The van der Waals surface area contributed by atoms with E-state index in [0.29, 0.717) is 6.07 Å². The molecule has 1 aromatic rings. The van der Waals surface area contributed by atoms with Gasteiger partial charge in [-0.05, 0) is 12.8 Å². The number of hydrogen-bond donors (Lipinski definition) is 0. The van der Waals surface area contributed by atoms with E-state index < -0.39 is 45.8 Å². The molecule has 0 saturated carbocycles. The Morgan fingerprint density at radius 3 is 2.12 bits per heavy atom. The number of carbonyl (C=O) groups excluding carboxylic acids is 1. The summed E-state index contributed by atoms with van der Waals surface area (Å²) in [7, 11) is 0. The number of non-ortho nitro benzene ring substituents is 2. The third-order valence-electron chi connectivity index (χ3n) is 3.74. The molecule has 1 aliphatic rings. The van der Waals surface area contributed by atoms with Gasteiger partial charge in [-0.2, -0.15) is 13.2 Å². The molecule has 0 spiro atoms. The molecule has 1 heterocycles. The van der Waals surface area contributed by atoms with Crippen LogP contribution in [0, 0.1) is 26.1 Å². The van der Waals surface area contributed by atoms with Crippen LogP contribution in [0.2, 0.25) is 0 Å². The number of alkyl halides is 3. The third kappa shape index (κ3) is 3.78. The third-order valence-corrected chi connectivity index (χ3v) is 3.74. The lowest BCUT2D eigenvalue weighted by molar-refractivity contribution is -0.394. The van der Waals surface area contributed by atoms with Gasteiger partial charge in [-0.25, -0.2) is 0 Å². The number of benzene rings is 1. The van der Waals surface area contributed by atoms with Gasteiger partial charge in [-0.15, -0.1) is 0 Å². The summed E-state index contributed by atoms with van der Waals surface area (Å²) < 4.78 is 38.4. The molecule has 2 rings (SSSR count). The number of halogens is 3. The first-order valence-corrected chi connectivity index (χ1v) is 6.89. The van der Waals surface area contributed by atoms with E-state index in [9.17, 15) is 38.2 Å². The lowest BCUT2D eigenvalue weighted by Gasteiger charge is -2.33. The van der Waals surface area contributed by atoms with Gasteiger partial charge in [0.05, 0.1) is 27.4 Å². The summed E-state index contributed by atoms with van der Waals surface area (Å²) in [4.78, 5) is 33.1. The van der Waals surface area contributed by atoms with Gasteiger partial charge in [0.1, 0.15) is 0 Å². The van der Waals surface area contributed by atoms with Crippen LogP contribution in [0.3, 0.4) is 0 Å². The Kier molecular flexibility index (Phi) is 4.71. The molecule has 11 heteroatoms. The van der Waals surface area contributed by atoms with Crippen molar-refractivity contribution < 1.29 is 27.8 Å². The van der Waals surface area contributed by atoms with Crippen LogP contribution in [0.1, 0.15) is 23.2 Å². The van der Waals surface area contributed by atoms with Gasteiger partial charge in [-0.1, -0.05) is 0 Å². The highest BCUT2D eigenvalue weighted by atomic mass is 19.4. The highest BCUT2D eigenvalue weighted by Crippen LogP contribution is 2.34. The van der Waals surface area contributed by atoms with E-state index in [2.05, 4.69) is 0 Å². The largest absolute Gasteiger partial charge is 0.393 e. The van der Waals surface area contributed by atoms with Gasteiger partial charge in [-0.3, -0.25) is 25.0 Å². The molecular formula is C13H12F3N3O5. The van der Waals surface area contributed by atoms with Crippen molar-refractivity contribution >= 4 is 17.3 Å². The van der Waals surface area contributed by atoms with Gasteiger partial charge >= 0.3 is 6.18 Å². The maximum Gasteiger partial charge on any atom is 0.393 e. The monoisotopic (exact) mass is 347 g/mol. The predicted octanol–water partition coefficient (Wildman–Crippen LogP) is 2.92. The smallest absolute Gasteiger partial charge is 0.338 e. The number of nitro benzene ring substituents is 2. The van der Waals surface area contributed by atoms with Crippen molar-refractivity contribution in [2.75, 3.05) is 13.1 Å². The number of rotatable bonds is 3. The molecule has 0 N–H and O–H groups in total. The fraction of sp³-hybridized carbons (Fsp3) is 0.462. The second-order valence-electron chi connectivity index (χ2n) is 5.38. The van der Waals surface area contributed by atoms with E-state index in [1.807, 2.05) is 0 Å². The molecule has 0 aliphatic carbocycles. The number of carbonyl (C=O) groups is 1. The molecule has 0 unspecified atom stereocenters. The Labute approximate surface area is 133 Å². The molecule has 0 bridgehead atoms. The Bertz CT molecular complexity index is 660. The highest BCUT2D eigenvalue weighted by Gasteiger charge is 2.43. The summed E-state index contributed by atoms with van der Waals surface area (Å²) in [5.74, 6) is -2.57. The Morgan fingerprint density at radius 1 is 1.12 bits per heavy atom. The van der Waals surface area contributed by atoms with Crippen LogP contribution in [-0.2, 0) is 0 Å². The number of nitro groups is 2. The zero-order valence-electron chi connectivity index (χ0n) is 12.2. The van der Waals surface area contributed by atoms with Crippen LogP contribution >= 0.6 is 0 Å². The van der Waals surface area contributed by atoms with E-state index >= 15 is 0 Å². The maximum absolute atomic E-state index is 12.8. The first-order chi connectivity index (χ1) is 11.1. The fourth-order valence-corrected chi connectivity index (χ4v) is 2.54. The predicted molar refractivity (Wildman–Crippen MR) is 74.4 cm³/mol. The SMILES string of the molecule is O=C(c1cc([N+](=O)[O-])cc([N+](=O)[O-])c1)N1CCC[C@H](C(F)(F)F)C1. The minimum Gasteiger partial charge on any atom is -0.338 e. The summed E-state index contributed by atoms with van der Waals surface area (Å²) in [6, 6.07) is 2.34. The fourth-order valence-electron chi connectivity index (χ4n) is 2.54. The first kappa shape index (κ1) is 17.6. The van der Waals surface area contributed by atoms with Crippen molar-refractivity contribution in [3.05, 3.63) is 44.0 Å². The summed E-state index contributed by atoms with van der Waals surface area (Å²) >= 11 is 0. The number of amides is 1. The molecule has 8 nitrogen and oxygen atoms in total. The normalized spacial score (nSPS) is 18.3. The molecule has 1 fully saturated rings. The number of nitrogens with zero attached hydrogens (tertiary/aromatic N) is 3. The van der Waals surface area contributed by atoms with Crippen LogP contribution in [0.15, 0.2) is 18.2 Å². The van der Waals surface area contributed by atoms with Crippen molar-refractivity contribution in [1.29, 1.82) is 0 Å².